The van der Waals surface area contributed by atoms with Gasteiger partial charge in [-0.1, -0.05) is 36.9 Å². The molecule has 1 aromatic rings. The fourth-order valence-corrected chi connectivity index (χ4v) is 4.94. The summed E-state index contributed by atoms with van der Waals surface area (Å²) in [7, 11) is 2.18. The molecule has 6 heteroatoms. The number of rotatable bonds is 3. The molecule has 0 radical (unpaired) electrons. The number of aromatic nitrogens is 1. The molecular weight excluding hydrogens is 383 g/mol. The van der Waals surface area contributed by atoms with Gasteiger partial charge in [0, 0.05) is 48.8 Å². The molecule has 1 aromatic heterocycles. The Hall–Kier alpha value is -1.66. The standard InChI is InChI=1S/C18H20N4S.C5H11F/c1-21-7-9-22(10-8-21)16-6-5-13(12-19-16)17-20-18-11-14(18)3-2-4-15(18)23-17;1-4-5(2,3)6/h2-6,12,14H,7-11H2,1H3;4H2,1-3H3. The van der Waals surface area contributed by atoms with Crippen LogP contribution in [0.1, 0.15) is 39.2 Å². The minimum Gasteiger partial charge on any atom is -0.354 e. The zero-order chi connectivity index (χ0) is 20.6. The summed E-state index contributed by atoms with van der Waals surface area (Å²) in [5.41, 5.74) is 0.299. The van der Waals surface area contributed by atoms with Crippen LogP contribution < -0.4 is 4.90 Å². The van der Waals surface area contributed by atoms with Gasteiger partial charge in [0.05, 0.1) is 0 Å². The van der Waals surface area contributed by atoms with E-state index in [4.69, 9.17) is 9.98 Å². The largest absolute Gasteiger partial charge is 0.354 e. The number of piperazine rings is 1. The van der Waals surface area contributed by atoms with E-state index in [1.165, 1.54) is 11.3 Å². The maximum absolute atomic E-state index is 12.1. The van der Waals surface area contributed by atoms with Crippen LogP contribution in [0.2, 0.25) is 0 Å². The first kappa shape index (κ1) is 20.6. The van der Waals surface area contributed by atoms with Crippen LogP contribution in [0, 0.1) is 5.92 Å². The van der Waals surface area contributed by atoms with Crippen LogP contribution in [0.4, 0.5) is 10.2 Å². The number of hydrogen-bond acceptors (Lipinski definition) is 5. The van der Waals surface area contributed by atoms with E-state index in [1.54, 1.807) is 13.8 Å². The molecule has 156 valence electrons. The van der Waals surface area contributed by atoms with Crippen molar-refractivity contribution in [1.82, 2.24) is 9.88 Å². The van der Waals surface area contributed by atoms with Crippen molar-refractivity contribution < 1.29 is 4.39 Å². The molecule has 1 saturated heterocycles. The predicted octanol–water partition coefficient (Wildman–Crippen LogP) is 4.68. The van der Waals surface area contributed by atoms with E-state index in [0.717, 1.165) is 42.6 Å². The van der Waals surface area contributed by atoms with Crippen molar-refractivity contribution >= 4 is 22.6 Å². The van der Waals surface area contributed by atoms with Crippen molar-refractivity contribution in [1.29, 1.82) is 0 Å². The van der Waals surface area contributed by atoms with Gasteiger partial charge in [-0.05, 0) is 45.9 Å². The Morgan fingerprint density at radius 3 is 2.55 bits per heavy atom. The molecular formula is C23H31FN4S. The number of alkyl halides is 1. The van der Waals surface area contributed by atoms with Gasteiger partial charge in [0.25, 0.3) is 0 Å². The van der Waals surface area contributed by atoms with Crippen LogP contribution in [-0.4, -0.2) is 59.4 Å². The van der Waals surface area contributed by atoms with E-state index >= 15 is 0 Å². The van der Waals surface area contributed by atoms with Gasteiger partial charge in [-0.2, -0.15) is 0 Å². The average Bonchev–Trinajstić information content (AvgIpc) is 3.31. The van der Waals surface area contributed by atoms with Gasteiger partial charge in [-0.25, -0.2) is 9.37 Å². The van der Waals surface area contributed by atoms with E-state index in [2.05, 4.69) is 47.2 Å². The Bertz CT molecular complexity index is 831. The second-order valence-corrected chi connectivity index (χ2v) is 9.97. The lowest BCUT2D eigenvalue weighted by atomic mass is 10.1. The lowest BCUT2D eigenvalue weighted by Crippen LogP contribution is -2.44. The molecule has 29 heavy (non-hydrogen) atoms. The van der Waals surface area contributed by atoms with Gasteiger partial charge in [0.1, 0.15) is 22.1 Å². The molecule has 2 unspecified atom stereocenters. The number of halogens is 1. The second-order valence-electron chi connectivity index (χ2n) is 8.94. The third-order valence-electron chi connectivity index (χ3n) is 6.17. The molecule has 3 heterocycles. The Labute approximate surface area is 178 Å². The highest BCUT2D eigenvalue weighted by molar-refractivity contribution is 8.18. The van der Waals surface area contributed by atoms with Crippen LogP contribution in [0.3, 0.4) is 0 Å². The van der Waals surface area contributed by atoms with Gasteiger partial charge < -0.3 is 9.80 Å². The fraction of sp³-hybridized carbons (Fsp3) is 0.565. The molecule has 4 aliphatic rings. The smallest absolute Gasteiger partial charge is 0.128 e. The van der Waals surface area contributed by atoms with Crippen LogP contribution in [0.25, 0.3) is 0 Å². The summed E-state index contributed by atoms with van der Waals surface area (Å²) < 4.78 is 12.1. The highest BCUT2D eigenvalue weighted by Gasteiger charge is 2.59. The van der Waals surface area contributed by atoms with E-state index in [9.17, 15) is 4.39 Å². The van der Waals surface area contributed by atoms with Gasteiger partial charge in [-0.15, -0.1) is 0 Å². The number of pyridine rings is 1. The molecule has 1 spiro atoms. The number of hydrogen-bond donors (Lipinski definition) is 0. The maximum Gasteiger partial charge on any atom is 0.128 e. The number of likely N-dealkylation sites (N-methyl/N-ethyl adjacent to an activating group) is 1. The minimum atomic E-state index is -0.958. The quantitative estimate of drug-likeness (QED) is 0.719. The predicted molar refractivity (Wildman–Crippen MR) is 122 cm³/mol. The SMILES string of the molecule is CCC(C)(C)F.CN1CCN(c2ccc(C3=NC45CC4C=CC=C5S3)cn2)CC1. The Morgan fingerprint density at radius 1 is 1.24 bits per heavy atom. The van der Waals surface area contributed by atoms with E-state index in [1.807, 2.05) is 24.9 Å². The summed E-state index contributed by atoms with van der Waals surface area (Å²) in [4.78, 5) is 15.9. The molecule has 2 aliphatic carbocycles. The summed E-state index contributed by atoms with van der Waals surface area (Å²) >= 11 is 1.83. The number of allylic oxidation sites excluding steroid dienone is 2. The van der Waals surface area contributed by atoms with Crippen molar-refractivity contribution in [3.63, 3.8) is 0 Å². The normalized spacial score (nSPS) is 28.0. The van der Waals surface area contributed by atoms with Crippen molar-refractivity contribution in [2.75, 3.05) is 38.1 Å². The maximum atomic E-state index is 12.1. The van der Waals surface area contributed by atoms with E-state index in [0.29, 0.717) is 12.3 Å². The van der Waals surface area contributed by atoms with Crippen LogP contribution >= 0.6 is 11.8 Å². The first-order valence-electron chi connectivity index (χ1n) is 10.6. The molecule has 2 aliphatic heterocycles. The monoisotopic (exact) mass is 414 g/mol. The first-order chi connectivity index (χ1) is 13.8. The molecule has 1 saturated carbocycles. The lowest BCUT2D eigenvalue weighted by molar-refractivity contribution is 0.210. The molecule has 0 amide bonds. The van der Waals surface area contributed by atoms with Crippen molar-refractivity contribution in [3.8, 4) is 0 Å². The number of anilines is 1. The summed E-state index contributed by atoms with van der Waals surface area (Å²) in [6.07, 6.45) is 10.5. The number of aliphatic imine (C=N–C) groups is 1. The van der Waals surface area contributed by atoms with E-state index in [-0.39, 0.29) is 5.54 Å². The van der Waals surface area contributed by atoms with Gasteiger partial charge >= 0.3 is 0 Å². The van der Waals surface area contributed by atoms with Gasteiger partial charge in [0.15, 0.2) is 0 Å². The molecule has 2 fully saturated rings. The summed E-state index contributed by atoms with van der Waals surface area (Å²) in [6.45, 7) is 9.32. The molecule has 2 atom stereocenters. The molecule has 0 bridgehead atoms. The van der Waals surface area contributed by atoms with Crippen LogP contribution in [0.15, 0.2) is 46.5 Å². The summed E-state index contributed by atoms with van der Waals surface area (Å²) in [6, 6.07) is 4.34. The van der Waals surface area contributed by atoms with E-state index < -0.39 is 5.67 Å². The zero-order valence-corrected chi connectivity index (χ0v) is 18.7. The highest BCUT2D eigenvalue weighted by atomic mass is 32.2. The van der Waals surface area contributed by atoms with Crippen molar-refractivity contribution in [3.05, 3.63) is 47.0 Å². The third-order valence-corrected chi connectivity index (χ3v) is 7.40. The Balaban J connectivity index is 0.000000302. The summed E-state index contributed by atoms with van der Waals surface area (Å²) in [5.74, 6) is 1.72. The number of nitrogens with zero attached hydrogens (tertiary/aromatic N) is 4. The fourth-order valence-electron chi connectivity index (χ4n) is 3.68. The Morgan fingerprint density at radius 2 is 1.97 bits per heavy atom. The third kappa shape index (κ3) is 4.43. The lowest BCUT2D eigenvalue weighted by Gasteiger charge is -2.33. The molecule has 4 nitrogen and oxygen atoms in total. The van der Waals surface area contributed by atoms with Crippen LogP contribution in [0.5, 0.6) is 0 Å². The average molecular weight is 415 g/mol. The minimum absolute atomic E-state index is 0.102. The van der Waals surface area contributed by atoms with Crippen molar-refractivity contribution in [2.45, 2.75) is 44.8 Å². The highest BCUT2D eigenvalue weighted by Crippen LogP contribution is 2.62. The Kier molecular flexibility index (Phi) is 5.60. The van der Waals surface area contributed by atoms with Gasteiger partial charge in [0.2, 0.25) is 0 Å². The summed E-state index contributed by atoms with van der Waals surface area (Å²) in [5, 5.41) is 1.14. The van der Waals surface area contributed by atoms with Crippen molar-refractivity contribution in [2.24, 2.45) is 10.9 Å². The molecule has 0 N–H and O–H groups in total. The topological polar surface area (TPSA) is 31.7 Å². The zero-order valence-electron chi connectivity index (χ0n) is 17.9. The molecule has 0 aromatic carbocycles. The molecule has 5 rings (SSSR count). The van der Waals surface area contributed by atoms with Crippen LogP contribution in [-0.2, 0) is 0 Å². The van der Waals surface area contributed by atoms with Gasteiger partial charge in [-0.3, -0.25) is 4.99 Å². The number of thioether (sulfide) groups is 1. The second kappa shape index (κ2) is 7.88. The first-order valence-corrected chi connectivity index (χ1v) is 11.4.